The van der Waals surface area contributed by atoms with Crippen molar-refractivity contribution in [3.8, 4) is 0 Å². The molecule has 4 rings (SSSR count). The summed E-state index contributed by atoms with van der Waals surface area (Å²) < 4.78 is 0.608. The minimum absolute atomic E-state index is 0.255. The summed E-state index contributed by atoms with van der Waals surface area (Å²) in [6.07, 6.45) is 8.37. The van der Waals surface area contributed by atoms with Crippen LogP contribution in [-0.4, -0.2) is 8.96 Å². The maximum atomic E-state index is 6.40. The van der Waals surface area contributed by atoms with Gasteiger partial charge in [-0.1, -0.05) is 22.6 Å². The molecule has 0 heterocycles. The predicted octanol–water partition coefficient (Wildman–Crippen LogP) is 2.47. The first-order chi connectivity index (χ1) is 5.57. The van der Waals surface area contributed by atoms with E-state index in [-0.39, 0.29) is 5.54 Å². The molecule has 0 aromatic heterocycles. The number of nitrogens with two attached hydrogens (primary N) is 1. The van der Waals surface area contributed by atoms with Crippen molar-refractivity contribution in [2.45, 2.75) is 47.5 Å². The van der Waals surface area contributed by atoms with E-state index in [2.05, 4.69) is 22.6 Å². The smallest absolute Gasteiger partial charge is 0.0245 e. The summed E-state index contributed by atoms with van der Waals surface area (Å²) in [4.78, 5) is 0. The molecule has 0 amide bonds. The molecule has 4 bridgehead atoms. The number of alkyl halides is 1. The third kappa shape index (κ3) is 1.07. The van der Waals surface area contributed by atoms with Crippen LogP contribution in [0.5, 0.6) is 0 Å². The summed E-state index contributed by atoms with van der Waals surface area (Å²) in [5.41, 5.74) is 6.66. The average Bonchev–Trinajstić information content (AvgIpc) is 1.75. The van der Waals surface area contributed by atoms with Crippen molar-refractivity contribution in [2.75, 3.05) is 0 Å². The highest BCUT2D eigenvalue weighted by atomic mass is 127. The molecule has 2 unspecified atom stereocenters. The summed E-state index contributed by atoms with van der Waals surface area (Å²) >= 11 is 2.70. The van der Waals surface area contributed by atoms with E-state index in [0.29, 0.717) is 3.42 Å². The van der Waals surface area contributed by atoms with Crippen LogP contribution in [0.15, 0.2) is 0 Å². The molecule has 2 N–H and O–H groups in total. The molecular formula is C10H16IN. The largest absolute Gasteiger partial charge is 0.325 e. The van der Waals surface area contributed by atoms with Gasteiger partial charge in [0.1, 0.15) is 0 Å². The van der Waals surface area contributed by atoms with E-state index >= 15 is 0 Å². The first-order valence-electron chi connectivity index (χ1n) is 5.05. The van der Waals surface area contributed by atoms with E-state index in [1.807, 2.05) is 0 Å². The molecule has 0 radical (unpaired) electrons. The number of rotatable bonds is 0. The summed E-state index contributed by atoms with van der Waals surface area (Å²) in [6.45, 7) is 0. The Kier molecular flexibility index (Phi) is 1.47. The Hall–Kier alpha value is 0.690. The highest BCUT2D eigenvalue weighted by Gasteiger charge is 2.55. The fraction of sp³-hybridized carbons (Fsp3) is 1.00. The average molecular weight is 277 g/mol. The molecule has 2 atom stereocenters. The van der Waals surface area contributed by atoms with Crippen molar-refractivity contribution >= 4 is 22.6 Å². The molecule has 4 saturated carbocycles. The molecule has 68 valence electrons. The molecule has 4 fully saturated rings. The molecule has 0 saturated heterocycles. The third-order valence-electron chi connectivity index (χ3n) is 4.03. The second kappa shape index (κ2) is 2.19. The summed E-state index contributed by atoms with van der Waals surface area (Å²) in [5, 5.41) is 0. The Morgan fingerprint density at radius 3 is 2.08 bits per heavy atom. The van der Waals surface area contributed by atoms with Crippen molar-refractivity contribution in [3.05, 3.63) is 0 Å². The van der Waals surface area contributed by atoms with E-state index in [1.54, 1.807) is 0 Å². The van der Waals surface area contributed by atoms with Crippen LogP contribution in [0, 0.1) is 11.8 Å². The molecule has 12 heavy (non-hydrogen) atoms. The highest BCUT2D eigenvalue weighted by Crippen LogP contribution is 2.59. The normalized spacial score (nSPS) is 62.5. The van der Waals surface area contributed by atoms with Crippen molar-refractivity contribution in [1.82, 2.24) is 0 Å². The van der Waals surface area contributed by atoms with Gasteiger partial charge in [-0.3, -0.25) is 0 Å². The first kappa shape index (κ1) is 8.04. The lowest BCUT2D eigenvalue weighted by atomic mass is 9.53. The molecule has 0 aliphatic heterocycles. The second-order valence-electron chi connectivity index (χ2n) is 5.47. The van der Waals surface area contributed by atoms with E-state index in [0.717, 1.165) is 11.8 Å². The lowest BCUT2D eigenvalue weighted by Gasteiger charge is -2.59. The Morgan fingerprint density at radius 2 is 1.67 bits per heavy atom. The molecule has 4 aliphatic carbocycles. The summed E-state index contributed by atoms with van der Waals surface area (Å²) in [6, 6.07) is 0. The lowest BCUT2D eigenvalue weighted by Crippen LogP contribution is -2.60. The van der Waals surface area contributed by atoms with E-state index in [9.17, 15) is 0 Å². The zero-order valence-electron chi connectivity index (χ0n) is 7.35. The molecular weight excluding hydrogens is 261 g/mol. The van der Waals surface area contributed by atoms with Crippen LogP contribution in [0.4, 0.5) is 0 Å². The molecule has 0 aromatic rings. The zero-order chi connectivity index (χ0) is 8.40. The van der Waals surface area contributed by atoms with Crippen LogP contribution in [0.1, 0.15) is 38.5 Å². The SMILES string of the molecule is NC12CC3CC(C1)CC(I)(C3)C2. The van der Waals surface area contributed by atoms with Crippen LogP contribution in [0.25, 0.3) is 0 Å². The quantitative estimate of drug-likeness (QED) is 0.534. The Morgan fingerprint density at radius 1 is 1.08 bits per heavy atom. The van der Waals surface area contributed by atoms with Crippen LogP contribution in [0.3, 0.4) is 0 Å². The topological polar surface area (TPSA) is 26.0 Å². The van der Waals surface area contributed by atoms with E-state index < -0.39 is 0 Å². The van der Waals surface area contributed by atoms with Gasteiger partial charge in [0.25, 0.3) is 0 Å². The number of hydrogen-bond donors (Lipinski definition) is 1. The van der Waals surface area contributed by atoms with Crippen molar-refractivity contribution in [1.29, 1.82) is 0 Å². The molecule has 1 nitrogen and oxygen atoms in total. The van der Waals surface area contributed by atoms with Gasteiger partial charge in [0.05, 0.1) is 0 Å². The van der Waals surface area contributed by atoms with Gasteiger partial charge >= 0.3 is 0 Å². The Bertz CT molecular complexity index is 192. The Labute approximate surface area is 87.6 Å². The van der Waals surface area contributed by atoms with Gasteiger partial charge in [-0.2, -0.15) is 0 Å². The minimum atomic E-state index is 0.255. The van der Waals surface area contributed by atoms with E-state index in [4.69, 9.17) is 5.73 Å². The monoisotopic (exact) mass is 277 g/mol. The molecule has 0 aromatic carbocycles. The van der Waals surface area contributed by atoms with Crippen LogP contribution >= 0.6 is 22.6 Å². The maximum absolute atomic E-state index is 6.40. The summed E-state index contributed by atoms with van der Waals surface area (Å²) in [5.74, 6) is 1.96. The Balaban J connectivity index is 1.98. The van der Waals surface area contributed by atoms with Gasteiger partial charge in [0.15, 0.2) is 0 Å². The van der Waals surface area contributed by atoms with Crippen LogP contribution in [-0.2, 0) is 0 Å². The molecule has 2 heteroatoms. The van der Waals surface area contributed by atoms with Crippen LogP contribution < -0.4 is 5.73 Å². The molecule has 0 spiro atoms. The fourth-order valence-electron chi connectivity index (χ4n) is 4.22. The van der Waals surface area contributed by atoms with Crippen LogP contribution in [0.2, 0.25) is 0 Å². The van der Waals surface area contributed by atoms with Gasteiger partial charge in [-0.25, -0.2) is 0 Å². The second-order valence-corrected chi connectivity index (χ2v) is 7.76. The first-order valence-corrected chi connectivity index (χ1v) is 6.13. The van der Waals surface area contributed by atoms with Gasteiger partial charge in [0, 0.05) is 8.96 Å². The van der Waals surface area contributed by atoms with Crippen molar-refractivity contribution < 1.29 is 0 Å². The minimum Gasteiger partial charge on any atom is -0.325 e. The standard InChI is InChI=1S/C10H16IN/c11-9-2-7-1-8(3-9)5-10(12,4-7)6-9/h7-8H,1-6,12H2. The number of halogens is 1. The fourth-order valence-corrected chi connectivity index (χ4v) is 6.23. The lowest BCUT2D eigenvalue weighted by molar-refractivity contribution is 0.0244. The highest BCUT2D eigenvalue weighted by molar-refractivity contribution is 14.1. The van der Waals surface area contributed by atoms with Crippen molar-refractivity contribution in [3.63, 3.8) is 0 Å². The predicted molar refractivity (Wildman–Crippen MR) is 58.4 cm³/mol. The van der Waals surface area contributed by atoms with Gasteiger partial charge in [-0.05, 0) is 50.4 Å². The maximum Gasteiger partial charge on any atom is 0.0245 e. The van der Waals surface area contributed by atoms with Gasteiger partial charge < -0.3 is 5.73 Å². The van der Waals surface area contributed by atoms with Crippen molar-refractivity contribution in [2.24, 2.45) is 17.6 Å². The van der Waals surface area contributed by atoms with Gasteiger partial charge in [0.2, 0.25) is 0 Å². The molecule has 4 aliphatic rings. The summed E-state index contributed by atoms with van der Waals surface area (Å²) in [7, 11) is 0. The number of hydrogen-bond acceptors (Lipinski definition) is 1. The van der Waals surface area contributed by atoms with E-state index in [1.165, 1.54) is 38.5 Å². The third-order valence-corrected chi connectivity index (χ3v) is 5.30. The zero-order valence-corrected chi connectivity index (χ0v) is 9.51. The van der Waals surface area contributed by atoms with Gasteiger partial charge in [-0.15, -0.1) is 0 Å².